The molecule has 0 bridgehead atoms. The highest BCUT2D eigenvalue weighted by atomic mass is 16.5. The number of aromatic nitrogens is 3. The Morgan fingerprint density at radius 1 is 1.16 bits per heavy atom. The molecule has 0 aromatic carbocycles. The van der Waals surface area contributed by atoms with Gasteiger partial charge in [0.1, 0.15) is 30.2 Å². The van der Waals surface area contributed by atoms with Crippen molar-refractivity contribution in [2.24, 2.45) is 0 Å². The molecule has 0 N–H and O–H groups in total. The normalized spacial score (nSPS) is 15.2. The van der Waals surface area contributed by atoms with Crippen LogP contribution in [0.15, 0.2) is 18.3 Å². The lowest BCUT2D eigenvalue weighted by Crippen LogP contribution is -2.25. The predicted octanol–water partition coefficient (Wildman–Crippen LogP) is 2.40. The Hall–Kier alpha value is -2.58. The van der Waals surface area contributed by atoms with Gasteiger partial charge in [-0.2, -0.15) is 0 Å². The number of pyridine rings is 1. The van der Waals surface area contributed by atoms with Crippen LogP contribution in [0, 0.1) is 0 Å². The number of aldehydes is 1. The summed E-state index contributed by atoms with van der Waals surface area (Å²) in [5.74, 6) is 2.22. The molecule has 2 aliphatic rings. The fraction of sp³-hybridized carbons (Fsp3) is 0.565. The van der Waals surface area contributed by atoms with Crippen LogP contribution >= 0.6 is 0 Å². The van der Waals surface area contributed by atoms with Crippen LogP contribution in [-0.2, 0) is 22.4 Å². The number of aryl methyl sites for hydroxylation is 1. The van der Waals surface area contributed by atoms with Crippen LogP contribution in [0.4, 0.5) is 5.82 Å². The van der Waals surface area contributed by atoms with Crippen molar-refractivity contribution in [1.29, 1.82) is 0 Å². The Labute approximate surface area is 184 Å². The van der Waals surface area contributed by atoms with Crippen LogP contribution in [0.3, 0.4) is 0 Å². The number of anilines is 1. The number of nitrogens with zero attached hydrogens (tertiary/aromatic N) is 5. The number of likely N-dealkylation sites (N-methyl/N-ethyl adjacent to an activating group) is 1. The summed E-state index contributed by atoms with van der Waals surface area (Å²) in [6, 6.07) is 3.78. The quantitative estimate of drug-likeness (QED) is 0.594. The zero-order valence-electron chi connectivity index (χ0n) is 18.8. The van der Waals surface area contributed by atoms with Crippen molar-refractivity contribution in [3.8, 4) is 17.3 Å². The van der Waals surface area contributed by atoms with Crippen LogP contribution < -0.4 is 9.64 Å². The van der Waals surface area contributed by atoms with Crippen molar-refractivity contribution < 1.29 is 14.3 Å². The SMILES string of the molecule is CN(CC=O)c1nc(-c2cc(OCCN3CCCC3)ccn2)nc2c1CCC2.COC. The second-order valence-corrected chi connectivity index (χ2v) is 7.88. The fourth-order valence-electron chi connectivity index (χ4n) is 3.96. The molecular formula is C23H33N5O3. The number of hydrogen-bond acceptors (Lipinski definition) is 8. The number of methoxy groups -OCH3 is 1. The first kappa shape index (κ1) is 23.1. The summed E-state index contributed by atoms with van der Waals surface area (Å²) in [4.78, 5) is 29.3. The molecule has 3 heterocycles. The van der Waals surface area contributed by atoms with E-state index in [0.717, 1.165) is 54.9 Å². The lowest BCUT2D eigenvalue weighted by molar-refractivity contribution is -0.106. The first-order valence-corrected chi connectivity index (χ1v) is 10.9. The number of likely N-dealkylation sites (tertiary alicyclic amines) is 1. The van der Waals surface area contributed by atoms with Gasteiger partial charge in [0.15, 0.2) is 5.82 Å². The molecule has 0 amide bonds. The summed E-state index contributed by atoms with van der Waals surface area (Å²) in [5, 5.41) is 0. The van der Waals surface area contributed by atoms with E-state index in [1.807, 2.05) is 24.1 Å². The average molecular weight is 428 g/mol. The van der Waals surface area contributed by atoms with Crippen LogP contribution in [0.25, 0.3) is 11.5 Å². The van der Waals surface area contributed by atoms with Gasteiger partial charge in [0.25, 0.3) is 0 Å². The molecule has 0 radical (unpaired) electrons. The maximum atomic E-state index is 11.0. The maximum Gasteiger partial charge on any atom is 0.180 e. The van der Waals surface area contributed by atoms with Crippen LogP contribution in [0.5, 0.6) is 5.75 Å². The average Bonchev–Trinajstić information content (AvgIpc) is 3.46. The van der Waals surface area contributed by atoms with Crippen molar-refractivity contribution in [3.63, 3.8) is 0 Å². The van der Waals surface area contributed by atoms with E-state index >= 15 is 0 Å². The Balaban J connectivity index is 0.000000858. The lowest BCUT2D eigenvalue weighted by atomic mass is 10.2. The van der Waals surface area contributed by atoms with Crippen molar-refractivity contribution in [2.45, 2.75) is 32.1 Å². The van der Waals surface area contributed by atoms with Gasteiger partial charge in [0.2, 0.25) is 0 Å². The lowest BCUT2D eigenvalue weighted by Gasteiger charge is -2.19. The molecule has 168 valence electrons. The minimum absolute atomic E-state index is 0.315. The number of rotatable bonds is 8. The Morgan fingerprint density at radius 3 is 2.68 bits per heavy atom. The van der Waals surface area contributed by atoms with Gasteiger partial charge < -0.3 is 19.2 Å². The number of carbonyl (C=O) groups excluding carboxylic acids is 1. The zero-order chi connectivity index (χ0) is 22.1. The molecule has 0 atom stereocenters. The summed E-state index contributed by atoms with van der Waals surface area (Å²) in [6.07, 6.45) is 8.19. The van der Waals surface area contributed by atoms with E-state index < -0.39 is 0 Å². The minimum Gasteiger partial charge on any atom is -0.492 e. The van der Waals surface area contributed by atoms with Gasteiger partial charge in [0, 0.05) is 51.3 Å². The third-order valence-corrected chi connectivity index (χ3v) is 5.46. The number of ether oxygens (including phenoxy) is 2. The Morgan fingerprint density at radius 2 is 1.94 bits per heavy atom. The highest BCUT2D eigenvalue weighted by Crippen LogP contribution is 2.31. The van der Waals surface area contributed by atoms with Gasteiger partial charge >= 0.3 is 0 Å². The number of fused-ring (bicyclic) bond motifs is 1. The standard InChI is InChI=1S/C21H27N5O2.C2H6O/c1-25(11-13-27)21-17-5-4-6-18(17)23-20(24-21)19-15-16(7-8-22-19)28-14-12-26-9-2-3-10-26;1-3-2/h7-8,13,15H,2-6,9-12,14H2,1H3;1-2H3. The molecule has 0 unspecified atom stereocenters. The monoisotopic (exact) mass is 427 g/mol. The maximum absolute atomic E-state index is 11.0. The van der Waals surface area contributed by atoms with E-state index in [9.17, 15) is 4.79 Å². The second-order valence-electron chi connectivity index (χ2n) is 7.88. The Bertz CT molecular complexity index is 855. The highest BCUT2D eigenvalue weighted by molar-refractivity contribution is 5.64. The molecule has 1 saturated heterocycles. The predicted molar refractivity (Wildman–Crippen MR) is 121 cm³/mol. The first-order valence-electron chi connectivity index (χ1n) is 10.9. The third-order valence-electron chi connectivity index (χ3n) is 5.46. The van der Waals surface area contributed by atoms with E-state index in [1.54, 1.807) is 20.4 Å². The van der Waals surface area contributed by atoms with E-state index in [0.29, 0.717) is 24.7 Å². The summed E-state index contributed by atoms with van der Waals surface area (Å²) < 4.78 is 10.2. The first-order chi connectivity index (χ1) is 15.2. The van der Waals surface area contributed by atoms with Gasteiger partial charge in [-0.15, -0.1) is 0 Å². The molecule has 0 saturated carbocycles. The van der Waals surface area contributed by atoms with Gasteiger partial charge in [-0.05, 0) is 51.3 Å². The molecule has 1 aliphatic carbocycles. The van der Waals surface area contributed by atoms with Gasteiger partial charge in [-0.1, -0.05) is 0 Å². The fourth-order valence-corrected chi connectivity index (χ4v) is 3.96. The summed E-state index contributed by atoms with van der Waals surface area (Å²) >= 11 is 0. The summed E-state index contributed by atoms with van der Waals surface area (Å²) in [5.41, 5.74) is 2.93. The molecular weight excluding hydrogens is 394 g/mol. The second kappa shape index (κ2) is 11.7. The van der Waals surface area contributed by atoms with Crippen molar-refractivity contribution in [2.75, 3.05) is 59.0 Å². The minimum atomic E-state index is 0.315. The van der Waals surface area contributed by atoms with E-state index in [-0.39, 0.29) is 0 Å². The van der Waals surface area contributed by atoms with E-state index in [4.69, 9.17) is 14.7 Å². The molecule has 8 heteroatoms. The topological polar surface area (TPSA) is 80.7 Å². The molecule has 8 nitrogen and oxygen atoms in total. The van der Waals surface area contributed by atoms with E-state index in [1.165, 1.54) is 25.9 Å². The molecule has 2 aromatic rings. The summed E-state index contributed by atoms with van der Waals surface area (Å²) in [7, 11) is 5.14. The zero-order valence-corrected chi connectivity index (χ0v) is 18.8. The third kappa shape index (κ3) is 6.21. The van der Waals surface area contributed by atoms with Gasteiger partial charge in [-0.3, -0.25) is 9.88 Å². The molecule has 2 aromatic heterocycles. The molecule has 1 fully saturated rings. The number of hydrogen-bond donors (Lipinski definition) is 0. The largest absolute Gasteiger partial charge is 0.492 e. The smallest absolute Gasteiger partial charge is 0.180 e. The van der Waals surface area contributed by atoms with Crippen molar-refractivity contribution in [1.82, 2.24) is 19.9 Å². The van der Waals surface area contributed by atoms with Crippen LogP contribution in [0.2, 0.25) is 0 Å². The molecule has 4 rings (SSSR count). The highest BCUT2D eigenvalue weighted by Gasteiger charge is 2.22. The van der Waals surface area contributed by atoms with Crippen molar-refractivity contribution >= 4 is 12.1 Å². The molecule has 1 aliphatic heterocycles. The van der Waals surface area contributed by atoms with Gasteiger partial charge in [0.05, 0.1) is 6.54 Å². The van der Waals surface area contributed by atoms with E-state index in [2.05, 4.69) is 14.6 Å². The van der Waals surface area contributed by atoms with Crippen molar-refractivity contribution in [3.05, 3.63) is 29.6 Å². The van der Waals surface area contributed by atoms with Crippen LogP contribution in [0.1, 0.15) is 30.5 Å². The molecule has 0 spiro atoms. The molecule has 31 heavy (non-hydrogen) atoms. The van der Waals surface area contributed by atoms with Gasteiger partial charge in [-0.25, -0.2) is 9.97 Å². The Kier molecular flexibility index (Phi) is 8.73. The number of carbonyl (C=O) groups is 1. The summed E-state index contributed by atoms with van der Waals surface area (Å²) in [6.45, 7) is 4.28. The van der Waals surface area contributed by atoms with Crippen LogP contribution in [-0.4, -0.2) is 80.2 Å².